The number of carbonyl (C=O) groups excluding carboxylic acids is 1. The zero-order chi connectivity index (χ0) is 20.8. The van der Waals surface area contributed by atoms with E-state index in [0.29, 0.717) is 5.92 Å². The summed E-state index contributed by atoms with van der Waals surface area (Å²) in [5.74, 6) is 2.36. The number of anilines is 2. The van der Waals surface area contributed by atoms with Gasteiger partial charge in [0.15, 0.2) is 5.82 Å². The van der Waals surface area contributed by atoms with E-state index < -0.39 is 0 Å². The van der Waals surface area contributed by atoms with Gasteiger partial charge in [-0.15, -0.1) is 0 Å². The van der Waals surface area contributed by atoms with E-state index in [1.807, 2.05) is 36.5 Å². The van der Waals surface area contributed by atoms with Crippen molar-refractivity contribution in [2.45, 2.75) is 38.0 Å². The maximum absolute atomic E-state index is 12.7. The van der Waals surface area contributed by atoms with Crippen LogP contribution < -0.4 is 10.2 Å². The first-order valence-corrected chi connectivity index (χ1v) is 11.2. The second kappa shape index (κ2) is 7.45. The van der Waals surface area contributed by atoms with Gasteiger partial charge >= 0.3 is 0 Å². The van der Waals surface area contributed by atoms with Gasteiger partial charge < -0.3 is 10.2 Å². The standard InChI is InChI=1S/C25H25N5O/c31-25-22(18-6-1-2-8-20(18)28-25)16-10-13-30(14-11-16)24-19-7-3-9-21(19)27-23(29-24)17-5-4-12-26-15-17/h1-2,4-6,8,12,15-16,22H,3,7,9-11,13-14H2,(H,28,31). The zero-order valence-electron chi connectivity index (χ0n) is 17.4. The minimum Gasteiger partial charge on any atom is -0.356 e. The molecule has 0 spiro atoms. The van der Waals surface area contributed by atoms with Crippen LogP contribution >= 0.6 is 0 Å². The van der Waals surface area contributed by atoms with E-state index >= 15 is 0 Å². The average Bonchev–Trinajstić information content (AvgIpc) is 3.42. The molecule has 0 bridgehead atoms. The van der Waals surface area contributed by atoms with E-state index in [9.17, 15) is 4.79 Å². The van der Waals surface area contributed by atoms with E-state index in [2.05, 4.69) is 21.3 Å². The van der Waals surface area contributed by atoms with Crippen molar-refractivity contribution in [1.82, 2.24) is 15.0 Å². The SMILES string of the molecule is O=C1Nc2ccccc2C1C1CCN(c2nc(-c3cccnc3)nc3c2CCC3)CC1. The van der Waals surface area contributed by atoms with Gasteiger partial charge in [0.25, 0.3) is 0 Å². The number of fused-ring (bicyclic) bond motifs is 2. The third-order valence-electron chi connectivity index (χ3n) is 6.98. The highest BCUT2D eigenvalue weighted by molar-refractivity contribution is 6.03. The van der Waals surface area contributed by atoms with Crippen molar-refractivity contribution >= 4 is 17.4 Å². The van der Waals surface area contributed by atoms with E-state index in [0.717, 1.165) is 73.7 Å². The van der Waals surface area contributed by atoms with Crippen molar-refractivity contribution in [2.24, 2.45) is 5.92 Å². The van der Waals surface area contributed by atoms with Crippen LogP contribution in [0.2, 0.25) is 0 Å². The predicted octanol–water partition coefficient (Wildman–Crippen LogP) is 3.98. The largest absolute Gasteiger partial charge is 0.356 e. The molecule has 1 atom stereocenters. The van der Waals surface area contributed by atoms with Gasteiger partial charge in [0.05, 0.1) is 5.92 Å². The Morgan fingerprint density at radius 3 is 2.71 bits per heavy atom. The normalized spacial score (nSPS) is 20.5. The lowest BCUT2D eigenvalue weighted by Crippen LogP contribution is -2.38. The molecule has 3 aromatic rings. The lowest BCUT2D eigenvalue weighted by atomic mass is 9.80. The zero-order valence-corrected chi connectivity index (χ0v) is 17.4. The lowest BCUT2D eigenvalue weighted by molar-refractivity contribution is -0.118. The minimum atomic E-state index is -0.0274. The maximum Gasteiger partial charge on any atom is 0.232 e. The van der Waals surface area contributed by atoms with Crippen LogP contribution in [0.3, 0.4) is 0 Å². The molecule has 1 aliphatic carbocycles. The highest BCUT2D eigenvalue weighted by atomic mass is 16.2. The first-order chi connectivity index (χ1) is 15.3. The van der Waals surface area contributed by atoms with Gasteiger partial charge in [-0.25, -0.2) is 9.97 Å². The number of pyridine rings is 1. The van der Waals surface area contributed by atoms with Gasteiger partial charge in [0, 0.05) is 48.0 Å². The number of amides is 1. The molecule has 31 heavy (non-hydrogen) atoms. The average molecular weight is 412 g/mol. The van der Waals surface area contributed by atoms with Crippen molar-refractivity contribution in [3.05, 3.63) is 65.6 Å². The van der Waals surface area contributed by atoms with Crippen LogP contribution in [0.1, 0.15) is 42.0 Å². The Morgan fingerprint density at radius 1 is 1.00 bits per heavy atom. The number of carbonyl (C=O) groups is 1. The molecule has 1 amide bonds. The summed E-state index contributed by atoms with van der Waals surface area (Å²) in [7, 11) is 0. The molecule has 1 saturated heterocycles. The van der Waals surface area contributed by atoms with Crippen LogP contribution in [-0.2, 0) is 17.6 Å². The molecular weight excluding hydrogens is 386 g/mol. The lowest BCUT2D eigenvalue weighted by Gasteiger charge is -2.36. The summed E-state index contributed by atoms with van der Waals surface area (Å²) in [5.41, 5.74) is 5.61. The molecule has 6 rings (SSSR count). The van der Waals surface area contributed by atoms with E-state index in [1.165, 1.54) is 11.3 Å². The van der Waals surface area contributed by atoms with E-state index in [-0.39, 0.29) is 11.8 Å². The third-order valence-corrected chi connectivity index (χ3v) is 6.98. The Hall–Kier alpha value is -3.28. The Balaban J connectivity index is 1.26. The van der Waals surface area contributed by atoms with Crippen molar-refractivity contribution in [2.75, 3.05) is 23.3 Å². The number of nitrogens with zero attached hydrogens (tertiary/aromatic N) is 4. The number of aryl methyl sites for hydroxylation is 1. The molecule has 1 fully saturated rings. The fourth-order valence-corrected chi connectivity index (χ4v) is 5.44. The van der Waals surface area contributed by atoms with Crippen molar-refractivity contribution < 1.29 is 4.79 Å². The number of nitrogens with one attached hydrogen (secondary N) is 1. The van der Waals surface area contributed by atoms with Crippen molar-refractivity contribution in [3.8, 4) is 11.4 Å². The Kier molecular flexibility index (Phi) is 4.44. The summed E-state index contributed by atoms with van der Waals surface area (Å²) in [4.78, 5) is 29.2. The number of aromatic nitrogens is 3. The Morgan fingerprint density at radius 2 is 1.87 bits per heavy atom. The Bertz CT molecular complexity index is 1140. The molecule has 1 aromatic carbocycles. The third kappa shape index (κ3) is 3.17. The number of piperidine rings is 1. The predicted molar refractivity (Wildman–Crippen MR) is 120 cm³/mol. The minimum absolute atomic E-state index is 0.0274. The number of hydrogen-bond donors (Lipinski definition) is 1. The summed E-state index contributed by atoms with van der Waals surface area (Å²) in [5, 5.41) is 3.07. The summed E-state index contributed by atoms with van der Waals surface area (Å²) in [6.45, 7) is 1.85. The smallest absolute Gasteiger partial charge is 0.232 e. The Labute approximate surface area is 181 Å². The molecule has 1 N–H and O–H groups in total. The maximum atomic E-state index is 12.7. The quantitative estimate of drug-likeness (QED) is 0.706. The topological polar surface area (TPSA) is 71.0 Å². The fourth-order valence-electron chi connectivity index (χ4n) is 5.44. The summed E-state index contributed by atoms with van der Waals surface area (Å²) in [6, 6.07) is 12.1. The van der Waals surface area contributed by atoms with Gasteiger partial charge in [-0.2, -0.15) is 0 Å². The number of rotatable bonds is 3. The van der Waals surface area contributed by atoms with E-state index in [1.54, 1.807) is 6.20 Å². The first kappa shape index (κ1) is 18.5. The van der Waals surface area contributed by atoms with Gasteiger partial charge in [-0.1, -0.05) is 18.2 Å². The van der Waals surface area contributed by atoms with E-state index in [4.69, 9.17) is 9.97 Å². The highest BCUT2D eigenvalue weighted by Gasteiger charge is 2.38. The molecule has 6 nitrogen and oxygen atoms in total. The molecule has 156 valence electrons. The number of hydrogen-bond acceptors (Lipinski definition) is 5. The molecule has 2 aromatic heterocycles. The number of benzene rings is 1. The molecule has 0 saturated carbocycles. The fraction of sp³-hybridized carbons (Fsp3) is 0.360. The van der Waals surface area contributed by atoms with Crippen LogP contribution in [-0.4, -0.2) is 33.9 Å². The monoisotopic (exact) mass is 411 g/mol. The van der Waals surface area contributed by atoms with Crippen LogP contribution in [0, 0.1) is 5.92 Å². The van der Waals surface area contributed by atoms with Crippen molar-refractivity contribution in [3.63, 3.8) is 0 Å². The summed E-state index contributed by atoms with van der Waals surface area (Å²) < 4.78 is 0. The van der Waals surface area contributed by atoms with Crippen LogP contribution in [0.25, 0.3) is 11.4 Å². The van der Waals surface area contributed by atoms with Gasteiger partial charge in [-0.3, -0.25) is 9.78 Å². The highest BCUT2D eigenvalue weighted by Crippen LogP contribution is 2.42. The van der Waals surface area contributed by atoms with Gasteiger partial charge in [-0.05, 0) is 61.8 Å². The molecular formula is C25H25N5O. The first-order valence-electron chi connectivity index (χ1n) is 11.2. The molecule has 4 heterocycles. The summed E-state index contributed by atoms with van der Waals surface area (Å²) >= 11 is 0. The van der Waals surface area contributed by atoms with Crippen molar-refractivity contribution in [1.29, 1.82) is 0 Å². The van der Waals surface area contributed by atoms with Gasteiger partial charge in [0.1, 0.15) is 5.82 Å². The molecule has 6 heteroatoms. The molecule has 0 radical (unpaired) electrons. The van der Waals surface area contributed by atoms with Gasteiger partial charge in [0.2, 0.25) is 5.91 Å². The van der Waals surface area contributed by atoms with Crippen LogP contribution in [0.5, 0.6) is 0 Å². The molecule has 1 unspecified atom stereocenters. The molecule has 3 aliphatic rings. The second-order valence-electron chi connectivity index (χ2n) is 8.77. The summed E-state index contributed by atoms with van der Waals surface area (Å²) in [6.07, 6.45) is 8.82. The second-order valence-corrected chi connectivity index (χ2v) is 8.77. The van der Waals surface area contributed by atoms with Crippen LogP contribution in [0.4, 0.5) is 11.5 Å². The molecule has 2 aliphatic heterocycles. The van der Waals surface area contributed by atoms with Crippen LogP contribution in [0.15, 0.2) is 48.8 Å². The number of para-hydroxylation sites is 1.